The molecule has 14 rings (SSSR count). The number of carbonyl (C=O) groups is 2. The van der Waals surface area contributed by atoms with E-state index in [0.717, 1.165) is 126 Å². The summed E-state index contributed by atoms with van der Waals surface area (Å²) in [6.07, 6.45) is 7.02. The van der Waals surface area contributed by atoms with Gasteiger partial charge in [0.1, 0.15) is 34.9 Å². The van der Waals surface area contributed by atoms with Crippen molar-refractivity contribution in [1.29, 1.82) is 0 Å². The Morgan fingerprint density at radius 2 is 1.01 bits per heavy atom. The number of hydrogen-bond acceptors (Lipinski definition) is 18. The molecule has 0 saturated carbocycles. The van der Waals surface area contributed by atoms with E-state index >= 15 is 4.39 Å². The fourth-order valence-corrected chi connectivity index (χ4v) is 13.8. The van der Waals surface area contributed by atoms with Crippen LogP contribution in [0.15, 0.2) is 48.8 Å². The Bertz CT molecular complexity index is 3530. The van der Waals surface area contributed by atoms with Gasteiger partial charge in [-0.15, -0.1) is 0 Å². The van der Waals surface area contributed by atoms with Crippen molar-refractivity contribution in [3.63, 3.8) is 0 Å². The largest absolute Gasteiger partial charge is 0.453 e. The van der Waals surface area contributed by atoms with Gasteiger partial charge in [0.05, 0.1) is 120 Å². The summed E-state index contributed by atoms with van der Waals surface area (Å²) in [6.45, 7) is 18.6. The number of aromatic nitrogens is 4. The number of methoxy groups -OCH3 is 2. The van der Waals surface area contributed by atoms with Gasteiger partial charge in [-0.25, -0.2) is 37.1 Å². The third-order valence-electron chi connectivity index (χ3n) is 18.4. The molecule has 25 heteroatoms. The fourth-order valence-electron chi connectivity index (χ4n) is 13.5. The maximum absolute atomic E-state index is 15.8. The molecule has 0 radical (unpaired) electrons. The Morgan fingerprint density at radius 1 is 0.552 bits per heavy atom. The molecule has 0 aliphatic carbocycles. The third kappa shape index (κ3) is 11.9. The van der Waals surface area contributed by atoms with Crippen LogP contribution in [0.3, 0.4) is 0 Å². The van der Waals surface area contributed by atoms with Crippen LogP contribution in [0.25, 0.3) is 21.8 Å². The number of fused-ring (bicyclic) bond motifs is 6. The van der Waals surface area contributed by atoms with Gasteiger partial charge in [0, 0.05) is 164 Å². The van der Waals surface area contributed by atoms with Crippen molar-refractivity contribution in [1.82, 2.24) is 29.7 Å². The van der Waals surface area contributed by atoms with E-state index in [9.17, 15) is 22.8 Å². The quantitative estimate of drug-likeness (QED) is 0.162. The van der Waals surface area contributed by atoms with E-state index in [1.807, 2.05) is 24.2 Å². The molecule has 0 unspecified atom stereocenters. The molecule has 8 aliphatic heterocycles. The first-order chi connectivity index (χ1) is 42.2. The van der Waals surface area contributed by atoms with E-state index < -0.39 is 23.3 Å². The second-order valence-corrected chi connectivity index (χ2v) is 23.7. The first-order valence-corrected chi connectivity index (χ1v) is 30.3. The van der Waals surface area contributed by atoms with Crippen LogP contribution >= 0.6 is 11.6 Å². The Labute approximate surface area is 507 Å². The van der Waals surface area contributed by atoms with Gasteiger partial charge in [-0.3, -0.25) is 9.97 Å². The fraction of sp³-hybridized carbons (Fsp3) is 0.516. The SMILES string of the molecule is COC(=O)N1CCN(c2nc3cc(F)cc(F)c3c(Cl)c2C)CC1.COC(=O)N1CCN(c2nc3cc(F)cc(F)c3c(N3CC4(CCOCC4)c4ncc(N5CCOCC5)cc43)c2C)CC1.c1nc2c(cc1N1CCOCC1)NCC21CCOCC1. The first-order valence-electron chi connectivity index (χ1n) is 29.9. The summed E-state index contributed by atoms with van der Waals surface area (Å²) in [5.41, 5.74) is 9.11. The smallest absolute Gasteiger partial charge is 0.409 e. The van der Waals surface area contributed by atoms with Crippen LogP contribution in [0, 0.1) is 37.1 Å². The summed E-state index contributed by atoms with van der Waals surface area (Å²) in [4.78, 5) is 56.8. The lowest BCUT2D eigenvalue weighted by Gasteiger charge is -2.37. The zero-order valence-corrected chi connectivity index (χ0v) is 50.3. The Morgan fingerprint density at radius 3 is 1.54 bits per heavy atom. The highest BCUT2D eigenvalue weighted by Crippen LogP contribution is 2.53. The van der Waals surface area contributed by atoms with Gasteiger partial charge in [-0.1, -0.05) is 11.6 Å². The number of nitrogens with one attached hydrogen (secondary N) is 1. The lowest BCUT2D eigenvalue weighted by molar-refractivity contribution is 0.0545. The molecular weight excluding hydrogens is 1150 g/mol. The molecule has 6 fully saturated rings. The van der Waals surface area contributed by atoms with Crippen molar-refractivity contribution in [2.75, 3.05) is 189 Å². The number of nitrogens with zero attached hydrogens (tertiary/aromatic N) is 11. The predicted octanol–water partition coefficient (Wildman–Crippen LogP) is 8.90. The maximum atomic E-state index is 15.8. The van der Waals surface area contributed by atoms with Crippen molar-refractivity contribution in [2.45, 2.75) is 50.4 Å². The summed E-state index contributed by atoms with van der Waals surface area (Å²) in [5.74, 6) is -1.52. The maximum Gasteiger partial charge on any atom is 0.409 e. The standard InChI is InChI=1S/C31H36F2N6O4.C16H16ClF2N3O2.C15H21N3O2/c1-20-27(26-23(33)15-21(32)16-24(26)35-29(20)37-5-7-38(8-6-37)30(40)41-2)39-19-31(3-11-42-12-4-31)28-25(39)17-22(18-34-28)36-9-13-43-14-10-36;1-9-14(17)13-11(19)7-10(18)8-12(13)20-15(9)21-3-5-22(6-4-21)16(23)24-2;1-5-19-6-2-15(1)11-17-13-9-12(10-16-14(13)15)18-3-7-20-8-4-18/h15-18H,3-14,19H2,1-2H3;7-8H,3-6H2,1-2H3;9-10,17H,1-8,11H2. The van der Waals surface area contributed by atoms with Gasteiger partial charge in [0.25, 0.3) is 0 Å². The molecule has 20 nitrogen and oxygen atoms in total. The average Bonchev–Trinajstić information content (AvgIpc) is 1.66. The van der Waals surface area contributed by atoms with Gasteiger partial charge < -0.3 is 68.0 Å². The first kappa shape index (κ1) is 60.1. The van der Waals surface area contributed by atoms with Crippen molar-refractivity contribution in [2.24, 2.45) is 0 Å². The number of anilines is 7. The molecular formula is C62H73ClF4N12O8. The number of pyridine rings is 4. The van der Waals surface area contributed by atoms with E-state index in [4.69, 9.17) is 55.0 Å². The van der Waals surface area contributed by atoms with Gasteiger partial charge in [0.15, 0.2) is 0 Å². The molecule has 2 spiro atoms. The minimum atomic E-state index is -0.729. The number of benzene rings is 2. The van der Waals surface area contributed by atoms with Crippen LogP contribution < -0.4 is 29.8 Å². The normalized spacial score (nSPS) is 19.8. The van der Waals surface area contributed by atoms with E-state index in [1.165, 1.54) is 37.4 Å². The number of rotatable bonds is 5. The van der Waals surface area contributed by atoms with Gasteiger partial charge in [-0.2, -0.15) is 0 Å². The molecule has 87 heavy (non-hydrogen) atoms. The molecule has 12 heterocycles. The Hall–Kier alpha value is -7.25. The molecule has 464 valence electrons. The van der Waals surface area contributed by atoms with E-state index in [1.54, 1.807) is 16.7 Å². The lowest BCUT2D eigenvalue weighted by atomic mass is 9.78. The van der Waals surface area contributed by atoms with Crippen molar-refractivity contribution >= 4 is 85.7 Å². The summed E-state index contributed by atoms with van der Waals surface area (Å²) < 4.78 is 89.8. The molecule has 6 saturated heterocycles. The molecule has 0 bridgehead atoms. The molecule has 8 aliphatic rings. The van der Waals surface area contributed by atoms with Crippen LogP contribution in [0.5, 0.6) is 0 Å². The van der Waals surface area contributed by atoms with Gasteiger partial charge in [-0.05, 0) is 51.7 Å². The van der Waals surface area contributed by atoms with Crippen LogP contribution in [0.1, 0.15) is 48.2 Å². The van der Waals surface area contributed by atoms with E-state index in [-0.39, 0.29) is 44.5 Å². The number of morpholine rings is 2. The van der Waals surface area contributed by atoms with E-state index in [2.05, 4.69) is 42.0 Å². The number of piperazine rings is 2. The van der Waals surface area contributed by atoms with Crippen LogP contribution in [0.2, 0.25) is 5.02 Å². The second kappa shape index (κ2) is 25.5. The minimum absolute atomic E-state index is 0.118. The van der Waals surface area contributed by atoms with Crippen LogP contribution in [-0.4, -0.2) is 201 Å². The van der Waals surface area contributed by atoms with Crippen molar-refractivity contribution in [3.05, 3.63) is 99.6 Å². The number of carbonyl (C=O) groups excluding carboxylic acids is 2. The predicted molar refractivity (Wildman–Crippen MR) is 324 cm³/mol. The summed E-state index contributed by atoms with van der Waals surface area (Å²) >= 11 is 6.30. The van der Waals surface area contributed by atoms with Crippen LogP contribution in [-0.2, 0) is 39.3 Å². The summed E-state index contributed by atoms with van der Waals surface area (Å²) in [6, 6.07) is 8.63. The average molecular weight is 1230 g/mol. The Kier molecular flexibility index (Phi) is 17.6. The van der Waals surface area contributed by atoms with Crippen LogP contribution in [0.4, 0.5) is 67.2 Å². The topological polar surface area (TPSA) is 176 Å². The summed E-state index contributed by atoms with van der Waals surface area (Å²) in [5, 5.41) is 4.20. The highest BCUT2D eigenvalue weighted by Gasteiger charge is 2.48. The summed E-state index contributed by atoms with van der Waals surface area (Å²) in [7, 11) is 2.71. The third-order valence-corrected chi connectivity index (χ3v) is 18.9. The zero-order chi connectivity index (χ0) is 60.6. The lowest BCUT2D eigenvalue weighted by Crippen LogP contribution is -2.49. The Balaban J connectivity index is 0.000000141. The monoisotopic (exact) mass is 1220 g/mol. The number of ether oxygens (including phenoxy) is 6. The second-order valence-electron chi connectivity index (χ2n) is 23.3. The molecule has 2 aromatic carbocycles. The van der Waals surface area contributed by atoms with Crippen molar-refractivity contribution in [3.8, 4) is 0 Å². The number of amides is 2. The number of hydrogen-bond donors (Lipinski definition) is 1. The highest BCUT2D eigenvalue weighted by atomic mass is 35.5. The van der Waals surface area contributed by atoms with E-state index in [0.29, 0.717) is 114 Å². The minimum Gasteiger partial charge on any atom is -0.453 e. The van der Waals surface area contributed by atoms with Crippen molar-refractivity contribution < 1.29 is 55.6 Å². The highest BCUT2D eigenvalue weighted by molar-refractivity contribution is 6.36. The number of halogens is 5. The zero-order valence-electron chi connectivity index (χ0n) is 49.6. The molecule has 0 atom stereocenters. The molecule has 2 amide bonds. The molecule has 1 N–H and O–H groups in total. The molecule has 6 aromatic rings. The van der Waals surface area contributed by atoms with Gasteiger partial charge in [0.2, 0.25) is 0 Å². The van der Waals surface area contributed by atoms with Gasteiger partial charge >= 0.3 is 12.2 Å². The molecule has 4 aromatic heterocycles.